The number of rotatable bonds is 44. The Hall–Kier alpha value is -2.89. The minimum Gasteiger partial charge on any atom is -0.462 e. The van der Waals surface area contributed by atoms with Crippen molar-refractivity contribution in [3.63, 3.8) is 0 Å². The van der Waals surface area contributed by atoms with E-state index in [0.717, 1.165) is 96.3 Å². The van der Waals surface area contributed by atoms with E-state index in [4.69, 9.17) is 14.2 Å². The summed E-state index contributed by atoms with van der Waals surface area (Å²) < 4.78 is 16.7. The summed E-state index contributed by atoms with van der Waals surface area (Å²) in [7, 11) is 0. The molecule has 0 aliphatic heterocycles. The molecule has 0 rings (SSSR count). The fraction of sp³-hybridized carbons (Fsp3) is 0.755. The van der Waals surface area contributed by atoms with Crippen LogP contribution in [0.3, 0.4) is 0 Å². The van der Waals surface area contributed by atoms with Crippen molar-refractivity contribution >= 4 is 17.9 Å². The van der Waals surface area contributed by atoms with Crippen molar-refractivity contribution < 1.29 is 28.6 Å². The molecule has 0 aromatic rings. The maximum Gasteiger partial charge on any atom is 0.306 e. The first-order valence-electron chi connectivity index (χ1n) is 24.8. The van der Waals surface area contributed by atoms with E-state index in [2.05, 4.69) is 81.5 Å². The molecule has 340 valence electrons. The van der Waals surface area contributed by atoms with Gasteiger partial charge in [0.05, 0.1) is 0 Å². The van der Waals surface area contributed by atoms with Gasteiger partial charge in [-0.2, -0.15) is 0 Å². The number of carbonyl (C=O) groups is 3. The third-order valence-electron chi connectivity index (χ3n) is 10.5. The Morgan fingerprint density at radius 3 is 1.14 bits per heavy atom. The Labute approximate surface area is 364 Å². The molecular weight excluding hydrogens is 733 g/mol. The van der Waals surface area contributed by atoms with Gasteiger partial charge < -0.3 is 14.2 Å². The molecule has 0 N–H and O–H groups in total. The number of unbranched alkanes of at least 4 members (excludes halogenated alkanes) is 23. The molecule has 0 aliphatic carbocycles. The smallest absolute Gasteiger partial charge is 0.306 e. The average Bonchev–Trinajstić information content (AvgIpc) is 3.23. The predicted octanol–water partition coefficient (Wildman–Crippen LogP) is 16.1. The second-order valence-corrected chi connectivity index (χ2v) is 16.3. The number of hydrogen-bond donors (Lipinski definition) is 0. The third-order valence-corrected chi connectivity index (χ3v) is 10.5. The molecule has 0 aromatic heterocycles. The van der Waals surface area contributed by atoms with E-state index >= 15 is 0 Å². The molecule has 0 radical (unpaired) electrons. The highest BCUT2D eigenvalue weighted by molar-refractivity contribution is 5.71. The minimum atomic E-state index is -0.791. The van der Waals surface area contributed by atoms with Crippen LogP contribution in [0.4, 0.5) is 0 Å². The van der Waals surface area contributed by atoms with Gasteiger partial charge in [-0.3, -0.25) is 14.4 Å². The molecule has 1 atom stereocenters. The number of ether oxygens (including phenoxy) is 3. The molecule has 0 spiro atoms. The molecule has 0 fully saturated rings. The predicted molar refractivity (Wildman–Crippen MR) is 251 cm³/mol. The van der Waals surface area contributed by atoms with E-state index in [1.54, 1.807) is 0 Å². The van der Waals surface area contributed by atoms with E-state index in [-0.39, 0.29) is 31.1 Å². The van der Waals surface area contributed by atoms with Gasteiger partial charge >= 0.3 is 17.9 Å². The Morgan fingerprint density at radius 1 is 0.356 bits per heavy atom. The van der Waals surface area contributed by atoms with Crippen LogP contribution in [0.2, 0.25) is 0 Å². The van der Waals surface area contributed by atoms with Crippen LogP contribution in [0.15, 0.2) is 60.8 Å². The van der Waals surface area contributed by atoms with Crippen LogP contribution in [-0.4, -0.2) is 37.2 Å². The number of hydrogen-bond acceptors (Lipinski definition) is 6. The number of esters is 3. The van der Waals surface area contributed by atoms with Gasteiger partial charge in [-0.05, 0) is 77.0 Å². The van der Waals surface area contributed by atoms with Crippen molar-refractivity contribution in [3.05, 3.63) is 60.8 Å². The minimum absolute atomic E-state index is 0.0891. The van der Waals surface area contributed by atoms with Crippen LogP contribution < -0.4 is 0 Å². The standard InChI is InChI=1S/C53H92O6/c1-4-7-10-13-16-19-22-24-26-28-31-33-36-39-42-45-51(54)57-48-50(59-53(56)47-44-41-38-35-30-21-18-15-12-9-6-3)49-58-52(55)46-43-40-37-34-32-29-27-25-23-20-17-14-11-8-5-2/h7,10,15-16,18-19,24,26,31,33,50H,4-6,8-9,11-14,17,20-23,25,27-30,32,34-49H2,1-3H3/b10-7-,18-15-,19-16-,26-24-,33-31-/t50-/m1/s1. The molecule has 0 amide bonds. The summed E-state index contributed by atoms with van der Waals surface area (Å²) in [5.41, 5.74) is 0. The van der Waals surface area contributed by atoms with Crippen molar-refractivity contribution in [1.29, 1.82) is 0 Å². The zero-order valence-corrected chi connectivity index (χ0v) is 38.8. The lowest BCUT2D eigenvalue weighted by Gasteiger charge is -2.18. The Balaban J connectivity index is 4.41. The quantitative estimate of drug-likeness (QED) is 0.0263. The summed E-state index contributed by atoms with van der Waals surface area (Å²) in [6.45, 7) is 6.44. The van der Waals surface area contributed by atoms with Gasteiger partial charge in [0.25, 0.3) is 0 Å². The highest BCUT2D eigenvalue weighted by Gasteiger charge is 2.19. The van der Waals surface area contributed by atoms with Gasteiger partial charge in [-0.15, -0.1) is 0 Å². The molecule has 0 heterocycles. The molecule has 0 aliphatic rings. The zero-order chi connectivity index (χ0) is 43.0. The second-order valence-electron chi connectivity index (χ2n) is 16.3. The van der Waals surface area contributed by atoms with E-state index in [1.165, 1.54) is 103 Å². The van der Waals surface area contributed by atoms with Gasteiger partial charge in [0.1, 0.15) is 13.2 Å². The second kappa shape index (κ2) is 47.8. The van der Waals surface area contributed by atoms with Crippen LogP contribution in [0.1, 0.15) is 239 Å². The summed E-state index contributed by atoms with van der Waals surface area (Å²) in [5, 5.41) is 0. The molecule has 0 aromatic carbocycles. The van der Waals surface area contributed by atoms with Crippen LogP contribution in [0.25, 0.3) is 0 Å². The van der Waals surface area contributed by atoms with Gasteiger partial charge in [-0.25, -0.2) is 0 Å². The van der Waals surface area contributed by atoms with Crippen LogP contribution >= 0.6 is 0 Å². The van der Waals surface area contributed by atoms with Crippen molar-refractivity contribution in [2.24, 2.45) is 0 Å². The SMILES string of the molecule is CC/C=C\C/C=C\C/C=C\C/C=C\CCCCC(=O)OC[C@H](COC(=O)CCCCCCCCCCCCCCCCC)OC(=O)CCCCCCC/C=C\CCCC. The first-order chi connectivity index (χ1) is 29.0. The van der Waals surface area contributed by atoms with Crippen molar-refractivity contribution in [3.8, 4) is 0 Å². The van der Waals surface area contributed by atoms with E-state index in [1.807, 2.05) is 0 Å². The number of allylic oxidation sites excluding steroid dienone is 10. The molecule has 0 bridgehead atoms. The maximum atomic E-state index is 12.7. The summed E-state index contributed by atoms with van der Waals surface area (Å²) in [6.07, 6.45) is 57.8. The highest BCUT2D eigenvalue weighted by atomic mass is 16.6. The third kappa shape index (κ3) is 46.0. The Kier molecular flexibility index (Phi) is 45.4. The first-order valence-corrected chi connectivity index (χ1v) is 24.8. The highest BCUT2D eigenvalue weighted by Crippen LogP contribution is 2.15. The van der Waals surface area contributed by atoms with Crippen LogP contribution in [-0.2, 0) is 28.6 Å². The molecule has 6 nitrogen and oxygen atoms in total. The Bertz CT molecular complexity index is 1090. The van der Waals surface area contributed by atoms with Crippen molar-refractivity contribution in [1.82, 2.24) is 0 Å². The lowest BCUT2D eigenvalue weighted by molar-refractivity contribution is -0.167. The molecule has 0 saturated heterocycles. The van der Waals surface area contributed by atoms with Crippen molar-refractivity contribution in [2.45, 2.75) is 245 Å². The largest absolute Gasteiger partial charge is 0.462 e. The van der Waals surface area contributed by atoms with Crippen molar-refractivity contribution in [2.75, 3.05) is 13.2 Å². The summed E-state index contributed by atoms with van der Waals surface area (Å²) in [5.74, 6) is -0.940. The monoisotopic (exact) mass is 825 g/mol. The fourth-order valence-corrected chi connectivity index (χ4v) is 6.77. The van der Waals surface area contributed by atoms with Gasteiger partial charge in [0, 0.05) is 19.3 Å². The van der Waals surface area contributed by atoms with E-state index in [9.17, 15) is 14.4 Å². The molecule has 59 heavy (non-hydrogen) atoms. The lowest BCUT2D eigenvalue weighted by Crippen LogP contribution is -2.30. The summed E-state index contributed by atoms with van der Waals surface area (Å²) in [6, 6.07) is 0. The average molecular weight is 825 g/mol. The van der Waals surface area contributed by atoms with Gasteiger partial charge in [0.15, 0.2) is 6.10 Å². The molecular formula is C53H92O6. The van der Waals surface area contributed by atoms with Crippen LogP contribution in [0.5, 0.6) is 0 Å². The maximum absolute atomic E-state index is 12.7. The van der Waals surface area contributed by atoms with Gasteiger partial charge in [-0.1, -0.05) is 204 Å². The van der Waals surface area contributed by atoms with E-state index < -0.39 is 6.10 Å². The first kappa shape index (κ1) is 56.1. The Morgan fingerprint density at radius 2 is 0.678 bits per heavy atom. The molecule has 6 heteroatoms. The van der Waals surface area contributed by atoms with Gasteiger partial charge in [0.2, 0.25) is 0 Å². The number of carbonyl (C=O) groups excluding carboxylic acids is 3. The molecule has 0 unspecified atom stereocenters. The lowest BCUT2D eigenvalue weighted by atomic mass is 10.0. The summed E-state index contributed by atoms with van der Waals surface area (Å²) >= 11 is 0. The summed E-state index contributed by atoms with van der Waals surface area (Å²) in [4.78, 5) is 37.8. The zero-order valence-electron chi connectivity index (χ0n) is 38.8. The molecule has 0 saturated carbocycles. The van der Waals surface area contributed by atoms with Crippen LogP contribution in [0, 0.1) is 0 Å². The normalized spacial score (nSPS) is 12.5. The van der Waals surface area contributed by atoms with E-state index in [0.29, 0.717) is 19.3 Å². The topological polar surface area (TPSA) is 78.9 Å². The fourth-order valence-electron chi connectivity index (χ4n) is 6.77.